The maximum absolute atomic E-state index is 13.9. The summed E-state index contributed by atoms with van der Waals surface area (Å²) >= 11 is 1.37. The van der Waals surface area contributed by atoms with Gasteiger partial charge in [0.1, 0.15) is 16.7 Å². The molecule has 10 heteroatoms. The van der Waals surface area contributed by atoms with Crippen molar-refractivity contribution in [3.05, 3.63) is 58.6 Å². The fraction of sp³-hybridized carbons (Fsp3) is 0.483. The molecule has 4 rings (SSSR count). The average Bonchev–Trinajstić information content (AvgIpc) is 3.65. The summed E-state index contributed by atoms with van der Waals surface area (Å²) in [6.07, 6.45) is 7.89. The number of likely N-dealkylation sites (tertiary alicyclic amines) is 1. The van der Waals surface area contributed by atoms with Crippen LogP contribution in [0.25, 0.3) is 0 Å². The molecule has 3 N–H and O–H groups in total. The quantitative estimate of drug-likeness (QED) is 0.305. The Morgan fingerprint density at radius 1 is 1.13 bits per heavy atom. The van der Waals surface area contributed by atoms with E-state index in [-0.39, 0.29) is 35.5 Å². The highest BCUT2D eigenvalue weighted by Crippen LogP contribution is 2.36. The first-order valence-electron chi connectivity index (χ1n) is 13.6. The van der Waals surface area contributed by atoms with Crippen LogP contribution >= 0.6 is 11.3 Å². The first kappa shape index (κ1) is 28.6. The Bertz CT molecular complexity index is 1220. The van der Waals surface area contributed by atoms with Crippen LogP contribution in [0.1, 0.15) is 79.0 Å². The van der Waals surface area contributed by atoms with Gasteiger partial charge in [-0.25, -0.2) is 4.98 Å². The van der Waals surface area contributed by atoms with Gasteiger partial charge >= 0.3 is 0 Å². The third kappa shape index (κ3) is 6.80. The Hall–Kier alpha value is -3.37. The molecule has 0 radical (unpaired) electrons. The van der Waals surface area contributed by atoms with Gasteiger partial charge in [-0.15, -0.1) is 11.3 Å². The van der Waals surface area contributed by atoms with E-state index in [9.17, 15) is 19.2 Å². The zero-order valence-corrected chi connectivity index (χ0v) is 23.4. The lowest BCUT2D eigenvalue weighted by atomic mass is 9.83. The molecule has 1 saturated carbocycles. The molecule has 39 heavy (non-hydrogen) atoms. The number of nitrogens with one attached hydrogen (secondary N) is 3. The van der Waals surface area contributed by atoms with Gasteiger partial charge in [-0.05, 0) is 63.8 Å². The van der Waals surface area contributed by atoms with Gasteiger partial charge < -0.3 is 20.9 Å². The molecular weight excluding hydrogens is 514 g/mol. The molecule has 9 nitrogen and oxygen atoms in total. The number of amides is 3. The van der Waals surface area contributed by atoms with E-state index in [0.717, 1.165) is 50.0 Å². The van der Waals surface area contributed by atoms with Crippen molar-refractivity contribution in [1.82, 2.24) is 20.5 Å². The number of likely N-dealkylation sites (N-methyl/N-ethyl adjacent to an activating group) is 1. The summed E-state index contributed by atoms with van der Waals surface area (Å²) in [6.45, 7) is 5.83. The number of benzene rings is 1. The Morgan fingerprint density at radius 3 is 2.62 bits per heavy atom. The number of carbonyl (C=O) groups excluding carboxylic acids is 4. The molecule has 0 spiro atoms. The van der Waals surface area contributed by atoms with Crippen molar-refractivity contribution in [3.63, 3.8) is 0 Å². The molecule has 1 aliphatic carbocycles. The summed E-state index contributed by atoms with van der Waals surface area (Å²) in [5, 5.41) is 11.1. The van der Waals surface area contributed by atoms with Crippen molar-refractivity contribution in [2.24, 2.45) is 5.92 Å². The van der Waals surface area contributed by atoms with E-state index in [1.165, 1.54) is 17.4 Å². The molecule has 2 heterocycles. The number of thiazole rings is 1. The van der Waals surface area contributed by atoms with Crippen LogP contribution in [-0.4, -0.2) is 59.1 Å². The summed E-state index contributed by atoms with van der Waals surface area (Å²) in [5.41, 5.74) is 1.21. The fourth-order valence-corrected chi connectivity index (χ4v) is 6.29. The number of aromatic nitrogens is 1. The van der Waals surface area contributed by atoms with Crippen molar-refractivity contribution in [1.29, 1.82) is 0 Å². The first-order valence-corrected chi connectivity index (χ1v) is 14.5. The van der Waals surface area contributed by atoms with Crippen molar-refractivity contribution in [2.45, 2.75) is 70.0 Å². The van der Waals surface area contributed by atoms with Crippen LogP contribution < -0.4 is 16.0 Å². The minimum Gasteiger partial charge on any atom is -0.343 e. The van der Waals surface area contributed by atoms with Gasteiger partial charge in [0.05, 0.1) is 12.1 Å². The zero-order chi connectivity index (χ0) is 27.9. The van der Waals surface area contributed by atoms with E-state index in [1.807, 2.05) is 4.90 Å². The van der Waals surface area contributed by atoms with Crippen LogP contribution in [0.3, 0.4) is 0 Å². The predicted molar refractivity (Wildman–Crippen MR) is 152 cm³/mol. The molecule has 2 fully saturated rings. The highest BCUT2D eigenvalue weighted by atomic mass is 32.1. The fourth-order valence-electron chi connectivity index (χ4n) is 5.35. The van der Waals surface area contributed by atoms with Crippen LogP contribution in [0, 0.1) is 5.92 Å². The third-order valence-electron chi connectivity index (χ3n) is 7.66. The zero-order valence-electron chi connectivity index (χ0n) is 22.6. The second-order valence-electron chi connectivity index (χ2n) is 10.3. The smallest absolute Gasteiger partial charge is 0.247 e. The summed E-state index contributed by atoms with van der Waals surface area (Å²) in [7, 11) is 1.73. The lowest BCUT2D eigenvalue weighted by molar-refractivity contribution is -0.139. The van der Waals surface area contributed by atoms with E-state index in [0.29, 0.717) is 23.5 Å². The van der Waals surface area contributed by atoms with Crippen LogP contribution in [0.4, 0.5) is 5.69 Å². The molecule has 2 aromatic rings. The first-order chi connectivity index (χ1) is 18.8. The van der Waals surface area contributed by atoms with Gasteiger partial charge in [-0.1, -0.05) is 38.0 Å². The highest BCUT2D eigenvalue weighted by Gasteiger charge is 2.40. The summed E-state index contributed by atoms with van der Waals surface area (Å²) in [5.74, 6) is -0.732. The second kappa shape index (κ2) is 13.1. The van der Waals surface area contributed by atoms with Crippen LogP contribution in [-0.2, 0) is 14.4 Å². The van der Waals surface area contributed by atoms with Gasteiger partial charge in [0.2, 0.25) is 23.5 Å². The highest BCUT2D eigenvalue weighted by molar-refractivity contribution is 7.10. The summed E-state index contributed by atoms with van der Waals surface area (Å²) < 4.78 is 0. The lowest BCUT2D eigenvalue weighted by Crippen LogP contribution is -2.55. The van der Waals surface area contributed by atoms with E-state index in [2.05, 4.69) is 27.5 Å². The number of hydrogen-bond acceptors (Lipinski definition) is 7. The molecule has 0 unspecified atom stereocenters. The normalized spacial score (nSPS) is 19.2. The maximum Gasteiger partial charge on any atom is 0.247 e. The molecule has 1 saturated heterocycles. The van der Waals surface area contributed by atoms with Crippen molar-refractivity contribution in [2.75, 3.05) is 18.9 Å². The Kier molecular flexibility index (Phi) is 9.63. The number of hydrogen-bond donors (Lipinski definition) is 3. The standard InChI is InChI=1S/C29H37N5O4S/c1-4-24(35)31-21-13-8-12-20(16-21)26(36)22-17-39-28(32-22)23-14-9-15-34(23)29(38)25(19-10-6-5-7-11-19)33-27(37)18(2)30-3/h4,8,12-13,16-19,23,25,30H,1,5-7,9-11,14-15H2,2-3H3,(H,31,35)(H,33,37)/t18-,23-,25-/m0/s1. The van der Waals surface area contributed by atoms with Gasteiger partial charge in [-0.3, -0.25) is 19.2 Å². The molecule has 2 aliphatic rings. The molecule has 0 bridgehead atoms. The average molecular weight is 552 g/mol. The molecule has 1 aromatic heterocycles. The van der Waals surface area contributed by atoms with E-state index < -0.39 is 12.1 Å². The molecule has 3 amide bonds. The molecule has 3 atom stereocenters. The Labute approximate surface area is 233 Å². The minimum atomic E-state index is -0.566. The number of nitrogens with zero attached hydrogens (tertiary/aromatic N) is 2. The maximum atomic E-state index is 13.9. The number of ketones is 1. The topological polar surface area (TPSA) is 121 Å². The van der Waals surface area contributed by atoms with Crippen molar-refractivity contribution >= 4 is 40.5 Å². The molecule has 1 aliphatic heterocycles. The van der Waals surface area contributed by atoms with Gasteiger partial charge in [-0.2, -0.15) is 0 Å². The van der Waals surface area contributed by atoms with E-state index in [4.69, 9.17) is 0 Å². The van der Waals surface area contributed by atoms with E-state index >= 15 is 0 Å². The molecular formula is C29H37N5O4S. The Balaban J connectivity index is 1.52. The van der Waals surface area contributed by atoms with Gasteiger partial charge in [0.15, 0.2) is 0 Å². The molecule has 1 aromatic carbocycles. The summed E-state index contributed by atoms with van der Waals surface area (Å²) in [4.78, 5) is 58.1. The van der Waals surface area contributed by atoms with Crippen molar-refractivity contribution < 1.29 is 19.2 Å². The summed E-state index contributed by atoms with van der Waals surface area (Å²) in [6, 6.07) is 5.50. The monoisotopic (exact) mass is 551 g/mol. The third-order valence-corrected chi connectivity index (χ3v) is 8.61. The van der Waals surface area contributed by atoms with Gasteiger partial charge in [0.25, 0.3) is 0 Å². The number of anilines is 1. The number of carbonyl (C=O) groups is 4. The second-order valence-corrected chi connectivity index (χ2v) is 11.1. The molecule has 208 valence electrons. The Morgan fingerprint density at radius 2 is 1.90 bits per heavy atom. The predicted octanol–water partition coefficient (Wildman–Crippen LogP) is 3.84. The van der Waals surface area contributed by atoms with E-state index in [1.54, 1.807) is 43.6 Å². The number of rotatable bonds is 10. The lowest BCUT2D eigenvalue weighted by Gasteiger charge is -2.35. The van der Waals surface area contributed by atoms with Gasteiger partial charge in [0, 0.05) is 23.2 Å². The SMILES string of the molecule is C=CC(=O)Nc1cccc(C(=O)c2csc([C@@H]3CCCN3C(=O)[C@@H](NC(=O)[C@H](C)NC)C3CCCCC3)n2)c1. The van der Waals surface area contributed by atoms with Crippen LogP contribution in [0.5, 0.6) is 0 Å². The minimum absolute atomic E-state index is 0.0604. The van der Waals surface area contributed by atoms with Crippen molar-refractivity contribution in [3.8, 4) is 0 Å². The largest absolute Gasteiger partial charge is 0.343 e. The van der Waals surface area contributed by atoms with Crippen LogP contribution in [0.15, 0.2) is 42.3 Å². The van der Waals surface area contributed by atoms with Crippen LogP contribution in [0.2, 0.25) is 0 Å².